The molecular weight excluding hydrogens is 228 g/mol. The van der Waals surface area contributed by atoms with Crippen LogP contribution in [0.4, 0.5) is 5.69 Å². The van der Waals surface area contributed by atoms with Crippen molar-refractivity contribution in [2.75, 3.05) is 18.9 Å². The summed E-state index contributed by atoms with van der Waals surface area (Å²) in [6.45, 7) is 2.67. The predicted molar refractivity (Wildman–Crippen MR) is 72.0 cm³/mol. The van der Waals surface area contributed by atoms with Gasteiger partial charge in [-0.25, -0.2) is 0 Å². The molecule has 1 rings (SSSR count). The summed E-state index contributed by atoms with van der Waals surface area (Å²) in [5.74, 6) is 6.23. The highest BCUT2D eigenvalue weighted by Gasteiger charge is 2.02. The van der Waals surface area contributed by atoms with Gasteiger partial charge in [-0.1, -0.05) is 12.1 Å². The van der Waals surface area contributed by atoms with Gasteiger partial charge in [0.1, 0.15) is 5.75 Å². The van der Waals surface area contributed by atoms with E-state index in [2.05, 4.69) is 17.2 Å². The summed E-state index contributed by atoms with van der Waals surface area (Å²) in [4.78, 5) is 11.4. The molecule has 4 heteroatoms. The zero-order chi connectivity index (χ0) is 13.2. The Labute approximate surface area is 108 Å². The van der Waals surface area contributed by atoms with Gasteiger partial charge in [-0.15, -0.1) is 11.8 Å². The van der Waals surface area contributed by atoms with Crippen LogP contribution in [0.1, 0.15) is 19.8 Å². The fourth-order valence-electron chi connectivity index (χ4n) is 1.34. The van der Waals surface area contributed by atoms with E-state index >= 15 is 0 Å². The van der Waals surface area contributed by atoms with E-state index in [9.17, 15) is 4.79 Å². The van der Waals surface area contributed by atoms with Gasteiger partial charge in [0.15, 0.2) is 0 Å². The summed E-state index contributed by atoms with van der Waals surface area (Å²) in [5, 5.41) is 2.77. The smallest absolute Gasteiger partial charge is 0.223 e. The molecule has 0 bridgehead atoms. The normalized spacial score (nSPS) is 9.17. The van der Waals surface area contributed by atoms with E-state index in [0.717, 1.165) is 0 Å². The molecule has 1 aromatic rings. The van der Waals surface area contributed by atoms with Gasteiger partial charge in [0.2, 0.25) is 5.91 Å². The van der Waals surface area contributed by atoms with Gasteiger partial charge in [0.05, 0.1) is 18.7 Å². The van der Waals surface area contributed by atoms with Crippen molar-refractivity contribution < 1.29 is 9.53 Å². The van der Waals surface area contributed by atoms with E-state index < -0.39 is 0 Å². The van der Waals surface area contributed by atoms with E-state index in [1.165, 1.54) is 0 Å². The minimum absolute atomic E-state index is 0.0394. The Kier molecular flexibility index (Phi) is 6.20. The summed E-state index contributed by atoms with van der Waals surface area (Å²) in [7, 11) is 0. The number of carbonyl (C=O) groups excluding carboxylic acids is 1. The highest BCUT2D eigenvalue weighted by atomic mass is 16.5. The van der Waals surface area contributed by atoms with Gasteiger partial charge in [-0.2, -0.15) is 0 Å². The molecule has 18 heavy (non-hydrogen) atoms. The van der Waals surface area contributed by atoms with Crippen LogP contribution in [0, 0.1) is 11.8 Å². The van der Waals surface area contributed by atoms with E-state index in [-0.39, 0.29) is 5.91 Å². The standard InChI is InChI=1S/C14H18N2O2/c1-2-3-6-10-16-14(17)9-11-18-13-8-5-4-7-12(13)15/h4-5,7-8H,6,9-11,15H2,1H3,(H,16,17). The third-order valence-corrected chi connectivity index (χ3v) is 2.25. The van der Waals surface area contributed by atoms with Gasteiger partial charge in [-0.3, -0.25) is 4.79 Å². The molecule has 0 saturated heterocycles. The third-order valence-electron chi connectivity index (χ3n) is 2.25. The monoisotopic (exact) mass is 246 g/mol. The lowest BCUT2D eigenvalue weighted by Gasteiger charge is -2.08. The van der Waals surface area contributed by atoms with Crippen molar-refractivity contribution in [3.05, 3.63) is 24.3 Å². The molecule has 0 saturated carbocycles. The maximum Gasteiger partial charge on any atom is 0.223 e. The Balaban J connectivity index is 2.19. The lowest BCUT2D eigenvalue weighted by Crippen LogP contribution is -2.25. The van der Waals surface area contributed by atoms with Gasteiger partial charge in [-0.05, 0) is 19.1 Å². The number of hydrogen-bond donors (Lipinski definition) is 2. The molecule has 0 aromatic heterocycles. The Morgan fingerprint density at radius 2 is 2.22 bits per heavy atom. The SMILES string of the molecule is CC#CCCNC(=O)CCOc1ccccc1N. The number of benzene rings is 1. The molecule has 1 amide bonds. The van der Waals surface area contributed by atoms with Crippen LogP contribution >= 0.6 is 0 Å². The average Bonchev–Trinajstić information content (AvgIpc) is 2.37. The molecule has 0 spiro atoms. The summed E-state index contributed by atoms with van der Waals surface area (Å²) in [5.41, 5.74) is 6.29. The summed E-state index contributed by atoms with van der Waals surface area (Å²) < 4.78 is 5.42. The molecule has 3 N–H and O–H groups in total. The molecule has 4 nitrogen and oxygen atoms in total. The average molecular weight is 246 g/mol. The number of nitrogens with one attached hydrogen (secondary N) is 1. The van der Waals surface area contributed by atoms with Crippen LogP contribution in [-0.2, 0) is 4.79 Å². The minimum Gasteiger partial charge on any atom is -0.491 e. The molecule has 0 radical (unpaired) electrons. The number of hydrogen-bond acceptors (Lipinski definition) is 3. The first-order valence-electron chi connectivity index (χ1n) is 5.87. The van der Waals surface area contributed by atoms with E-state index in [1.807, 2.05) is 12.1 Å². The van der Waals surface area contributed by atoms with Crippen LogP contribution in [0.5, 0.6) is 5.75 Å². The first kappa shape index (κ1) is 13.9. The zero-order valence-corrected chi connectivity index (χ0v) is 10.5. The number of rotatable bonds is 6. The van der Waals surface area contributed by atoms with Crippen LogP contribution in [-0.4, -0.2) is 19.1 Å². The van der Waals surface area contributed by atoms with Crippen LogP contribution in [0.25, 0.3) is 0 Å². The molecule has 0 aliphatic heterocycles. The van der Waals surface area contributed by atoms with Crippen molar-refractivity contribution in [3.8, 4) is 17.6 Å². The van der Waals surface area contributed by atoms with Crippen molar-refractivity contribution in [3.63, 3.8) is 0 Å². The second kappa shape index (κ2) is 8.02. The van der Waals surface area contributed by atoms with Crippen molar-refractivity contribution in [2.45, 2.75) is 19.8 Å². The predicted octanol–water partition coefficient (Wildman–Crippen LogP) is 1.57. The molecule has 0 aliphatic carbocycles. The number of amides is 1. The Morgan fingerprint density at radius 3 is 2.94 bits per heavy atom. The van der Waals surface area contributed by atoms with Gasteiger partial charge in [0.25, 0.3) is 0 Å². The molecule has 0 aliphatic rings. The highest BCUT2D eigenvalue weighted by Crippen LogP contribution is 2.19. The second-order valence-corrected chi connectivity index (χ2v) is 3.66. The van der Waals surface area contributed by atoms with E-state index in [4.69, 9.17) is 10.5 Å². The molecular formula is C14H18N2O2. The fourth-order valence-corrected chi connectivity index (χ4v) is 1.34. The fraction of sp³-hybridized carbons (Fsp3) is 0.357. The molecule has 0 atom stereocenters. The summed E-state index contributed by atoms with van der Waals surface area (Å²) in [6, 6.07) is 7.22. The van der Waals surface area contributed by atoms with E-state index in [0.29, 0.717) is 37.4 Å². The van der Waals surface area contributed by atoms with Crippen molar-refractivity contribution in [2.24, 2.45) is 0 Å². The van der Waals surface area contributed by atoms with Crippen molar-refractivity contribution in [1.29, 1.82) is 0 Å². The van der Waals surface area contributed by atoms with Gasteiger partial charge >= 0.3 is 0 Å². The number of nitrogens with two attached hydrogens (primary N) is 1. The quantitative estimate of drug-likeness (QED) is 0.455. The highest BCUT2D eigenvalue weighted by molar-refractivity contribution is 5.76. The maximum atomic E-state index is 11.4. The minimum atomic E-state index is -0.0394. The van der Waals surface area contributed by atoms with Crippen LogP contribution < -0.4 is 15.8 Å². The van der Waals surface area contributed by atoms with Gasteiger partial charge in [0, 0.05) is 13.0 Å². The van der Waals surface area contributed by atoms with Crippen LogP contribution in [0.3, 0.4) is 0 Å². The summed E-state index contributed by atoms with van der Waals surface area (Å²) in [6.07, 6.45) is 0.989. The van der Waals surface area contributed by atoms with Crippen LogP contribution in [0.2, 0.25) is 0 Å². The van der Waals surface area contributed by atoms with Crippen molar-refractivity contribution >= 4 is 11.6 Å². The van der Waals surface area contributed by atoms with Crippen molar-refractivity contribution in [1.82, 2.24) is 5.32 Å². The molecule has 1 aromatic carbocycles. The number of anilines is 1. The molecule has 0 fully saturated rings. The molecule has 0 heterocycles. The first-order chi connectivity index (χ1) is 8.74. The Morgan fingerprint density at radius 1 is 1.44 bits per heavy atom. The number of ether oxygens (including phenoxy) is 1. The lowest BCUT2D eigenvalue weighted by molar-refractivity contribution is -0.121. The molecule has 0 unspecified atom stereocenters. The zero-order valence-electron chi connectivity index (χ0n) is 10.5. The Bertz CT molecular complexity index is 447. The van der Waals surface area contributed by atoms with Crippen LogP contribution in [0.15, 0.2) is 24.3 Å². The number of nitrogen functional groups attached to an aromatic ring is 1. The molecule has 96 valence electrons. The lowest BCUT2D eigenvalue weighted by atomic mass is 10.3. The largest absolute Gasteiger partial charge is 0.491 e. The first-order valence-corrected chi connectivity index (χ1v) is 5.87. The second-order valence-electron chi connectivity index (χ2n) is 3.66. The van der Waals surface area contributed by atoms with Gasteiger partial charge < -0.3 is 15.8 Å². The number of carbonyl (C=O) groups is 1. The number of para-hydroxylation sites is 2. The van der Waals surface area contributed by atoms with E-state index in [1.54, 1.807) is 19.1 Å². The topological polar surface area (TPSA) is 64.3 Å². The third kappa shape index (κ3) is 5.26. The maximum absolute atomic E-state index is 11.4. The summed E-state index contributed by atoms with van der Waals surface area (Å²) >= 11 is 0. The Hall–Kier alpha value is -2.15.